The first-order chi connectivity index (χ1) is 7.27. The molecule has 0 amide bonds. The van der Waals surface area contributed by atoms with Gasteiger partial charge in [0.1, 0.15) is 0 Å². The van der Waals surface area contributed by atoms with Gasteiger partial charge >= 0.3 is 0 Å². The highest BCUT2D eigenvalue weighted by molar-refractivity contribution is 4.76. The van der Waals surface area contributed by atoms with E-state index in [-0.39, 0.29) is 0 Å². The second-order valence-electron chi connectivity index (χ2n) is 5.11. The minimum atomic E-state index is 0.470. The summed E-state index contributed by atoms with van der Waals surface area (Å²) in [6.45, 7) is 6.77. The van der Waals surface area contributed by atoms with Crippen LogP contribution >= 0.6 is 0 Å². The maximum Gasteiger partial charge on any atom is 0.0606 e. The van der Waals surface area contributed by atoms with Gasteiger partial charge in [-0.1, -0.05) is 39.5 Å². The maximum absolute atomic E-state index is 6.20. The molecule has 1 heteroatoms. The minimum Gasteiger partial charge on any atom is -0.375 e. The predicted molar refractivity (Wildman–Crippen MR) is 66.1 cm³/mol. The van der Waals surface area contributed by atoms with Gasteiger partial charge in [-0.15, -0.1) is 0 Å². The van der Waals surface area contributed by atoms with Crippen molar-refractivity contribution in [2.24, 2.45) is 5.92 Å². The lowest BCUT2D eigenvalue weighted by molar-refractivity contribution is -0.0573. The van der Waals surface area contributed by atoms with Crippen molar-refractivity contribution >= 4 is 0 Å². The van der Waals surface area contributed by atoms with Crippen molar-refractivity contribution in [3.05, 3.63) is 0 Å². The summed E-state index contributed by atoms with van der Waals surface area (Å²) in [5.41, 5.74) is 0. The van der Waals surface area contributed by atoms with Crippen LogP contribution in [0.2, 0.25) is 0 Å². The highest BCUT2D eigenvalue weighted by atomic mass is 16.5. The lowest BCUT2D eigenvalue weighted by Gasteiger charge is -2.33. The normalized spacial score (nSPS) is 29.0. The molecule has 1 aliphatic rings. The first-order valence-corrected chi connectivity index (χ1v) is 6.93. The largest absolute Gasteiger partial charge is 0.375 e. The molecule has 0 bridgehead atoms. The number of rotatable bonds is 6. The van der Waals surface area contributed by atoms with E-state index in [0.29, 0.717) is 12.2 Å². The Morgan fingerprint density at radius 2 is 1.87 bits per heavy atom. The Bertz CT molecular complexity index is 153. The van der Waals surface area contributed by atoms with Crippen LogP contribution in [0, 0.1) is 5.92 Å². The van der Waals surface area contributed by atoms with Gasteiger partial charge in [0.15, 0.2) is 0 Å². The van der Waals surface area contributed by atoms with Crippen molar-refractivity contribution in [1.29, 1.82) is 0 Å². The first kappa shape index (κ1) is 13.0. The second-order valence-corrected chi connectivity index (χ2v) is 5.11. The van der Waals surface area contributed by atoms with E-state index in [1.165, 1.54) is 51.4 Å². The standard InChI is InChI=1S/C14H28O/c1-4-8-12(3)15-14-11-7-6-10-13(14)9-5-2/h12-14H,4-11H2,1-3H3. The van der Waals surface area contributed by atoms with Crippen LogP contribution in [0.4, 0.5) is 0 Å². The fraction of sp³-hybridized carbons (Fsp3) is 1.00. The first-order valence-electron chi connectivity index (χ1n) is 6.93. The molecule has 0 N–H and O–H groups in total. The van der Waals surface area contributed by atoms with Crippen LogP contribution in [-0.4, -0.2) is 12.2 Å². The van der Waals surface area contributed by atoms with Crippen LogP contribution in [0.5, 0.6) is 0 Å². The smallest absolute Gasteiger partial charge is 0.0606 e. The highest BCUT2D eigenvalue weighted by Gasteiger charge is 2.26. The molecule has 1 aliphatic carbocycles. The van der Waals surface area contributed by atoms with E-state index in [1.54, 1.807) is 0 Å². The average molecular weight is 212 g/mol. The Hall–Kier alpha value is -0.0400. The topological polar surface area (TPSA) is 9.23 Å². The van der Waals surface area contributed by atoms with E-state index in [2.05, 4.69) is 20.8 Å². The van der Waals surface area contributed by atoms with Gasteiger partial charge in [-0.25, -0.2) is 0 Å². The van der Waals surface area contributed by atoms with E-state index in [0.717, 1.165) is 5.92 Å². The fourth-order valence-electron chi connectivity index (χ4n) is 2.83. The molecule has 0 aromatic heterocycles. The minimum absolute atomic E-state index is 0.470. The van der Waals surface area contributed by atoms with Crippen molar-refractivity contribution in [2.75, 3.05) is 0 Å². The Morgan fingerprint density at radius 1 is 1.13 bits per heavy atom. The summed E-state index contributed by atoms with van der Waals surface area (Å²) < 4.78 is 6.20. The molecule has 0 radical (unpaired) electrons. The Labute approximate surface area is 95.6 Å². The molecule has 0 aromatic rings. The second kappa shape index (κ2) is 7.27. The molecule has 0 aromatic carbocycles. The molecule has 3 atom stereocenters. The third-order valence-corrected chi connectivity index (χ3v) is 3.60. The van der Waals surface area contributed by atoms with Crippen molar-refractivity contribution in [3.8, 4) is 0 Å². The summed E-state index contributed by atoms with van der Waals surface area (Å²) in [5, 5.41) is 0. The summed E-state index contributed by atoms with van der Waals surface area (Å²) in [6, 6.07) is 0. The highest BCUT2D eigenvalue weighted by Crippen LogP contribution is 2.31. The quantitative estimate of drug-likeness (QED) is 0.627. The van der Waals surface area contributed by atoms with Gasteiger partial charge < -0.3 is 4.74 Å². The van der Waals surface area contributed by atoms with Gasteiger partial charge in [-0.3, -0.25) is 0 Å². The van der Waals surface area contributed by atoms with Crippen LogP contribution in [-0.2, 0) is 4.74 Å². The van der Waals surface area contributed by atoms with E-state index in [4.69, 9.17) is 4.74 Å². The average Bonchev–Trinajstić information content (AvgIpc) is 2.21. The zero-order valence-electron chi connectivity index (χ0n) is 10.8. The number of hydrogen-bond donors (Lipinski definition) is 0. The van der Waals surface area contributed by atoms with Crippen LogP contribution in [0.15, 0.2) is 0 Å². The summed E-state index contributed by atoms with van der Waals surface area (Å²) in [4.78, 5) is 0. The lowest BCUT2D eigenvalue weighted by atomic mass is 9.83. The van der Waals surface area contributed by atoms with Crippen molar-refractivity contribution < 1.29 is 4.74 Å². The lowest BCUT2D eigenvalue weighted by Crippen LogP contribution is -2.30. The molecule has 1 saturated carbocycles. The number of ether oxygens (including phenoxy) is 1. The molecular formula is C14H28O. The van der Waals surface area contributed by atoms with Crippen LogP contribution in [0.25, 0.3) is 0 Å². The zero-order valence-corrected chi connectivity index (χ0v) is 10.8. The van der Waals surface area contributed by atoms with Crippen LogP contribution < -0.4 is 0 Å². The molecule has 0 saturated heterocycles. The van der Waals surface area contributed by atoms with E-state index < -0.39 is 0 Å². The van der Waals surface area contributed by atoms with E-state index >= 15 is 0 Å². The molecule has 0 heterocycles. The molecular weight excluding hydrogens is 184 g/mol. The SMILES string of the molecule is CCCC(C)OC1CCCCC1CCC. The van der Waals surface area contributed by atoms with Crippen molar-refractivity contribution in [2.45, 2.75) is 84.3 Å². The maximum atomic E-state index is 6.20. The summed E-state index contributed by atoms with van der Waals surface area (Å²) in [6.07, 6.45) is 11.7. The van der Waals surface area contributed by atoms with Crippen LogP contribution in [0.1, 0.15) is 72.1 Å². The molecule has 3 unspecified atom stereocenters. The predicted octanol–water partition coefficient (Wildman–Crippen LogP) is 4.55. The van der Waals surface area contributed by atoms with Crippen molar-refractivity contribution in [3.63, 3.8) is 0 Å². The van der Waals surface area contributed by atoms with Gasteiger partial charge in [0.2, 0.25) is 0 Å². The molecule has 90 valence electrons. The van der Waals surface area contributed by atoms with Gasteiger partial charge in [0.25, 0.3) is 0 Å². The Morgan fingerprint density at radius 3 is 2.53 bits per heavy atom. The van der Waals surface area contributed by atoms with Gasteiger partial charge in [-0.05, 0) is 38.5 Å². The Balaban J connectivity index is 2.34. The third kappa shape index (κ3) is 4.55. The number of hydrogen-bond acceptors (Lipinski definition) is 1. The van der Waals surface area contributed by atoms with Crippen molar-refractivity contribution in [1.82, 2.24) is 0 Å². The third-order valence-electron chi connectivity index (χ3n) is 3.60. The van der Waals surface area contributed by atoms with Gasteiger partial charge in [0.05, 0.1) is 12.2 Å². The van der Waals surface area contributed by atoms with E-state index in [1.807, 2.05) is 0 Å². The molecule has 0 spiro atoms. The monoisotopic (exact) mass is 212 g/mol. The van der Waals surface area contributed by atoms with Gasteiger partial charge in [-0.2, -0.15) is 0 Å². The molecule has 1 nitrogen and oxygen atoms in total. The zero-order chi connectivity index (χ0) is 11.1. The molecule has 0 aliphatic heterocycles. The summed E-state index contributed by atoms with van der Waals surface area (Å²) >= 11 is 0. The fourth-order valence-corrected chi connectivity index (χ4v) is 2.83. The molecule has 1 rings (SSSR count). The Kier molecular flexibility index (Phi) is 6.31. The van der Waals surface area contributed by atoms with Gasteiger partial charge in [0, 0.05) is 0 Å². The molecule has 15 heavy (non-hydrogen) atoms. The summed E-state index contributed by atoms with van der Waals surface area (Å²) in [5.74, 6) is 0.850. The van der Waals surface area contributed by atoms with Crippen LogP contribution in [0.3, 0.4) is 0 Å². The summed E-state index contributed by atoms with van der Waals surface area (Å²) in [7, 11) is 0. The van der Waals surface area contributed by atoms with E-state index in [9.17, 15) is 0 Å². The molecule has 1 fully saturated rings.